The Morgan fingerprint density at radius 1 is 1.00 bits per heavy atom. The van der Waals surface area contributed by atoms with E-state index in [0.29, 0.717) is 6.42 Å². The van der Waals surface area contributed by atoms with Crippen molar-refractivity contribution >= 4 is 17.3 Å². The third-order valence-electron chi connectivity index (χ3n) is 5.35. The van der Waals surface area contributed by atoms with Crippen LogP contribution < -0.4 is 16.4 Å². The standard InChI is InChI=1S/C18H31N3O4/c1-11(23)15-6-2-4-13(20-15)9-18(25)16-7-3-5-12(21-16)8-17(24)14(19)10-22/h12-16,20-22H,2-10,19H2,1H3/t12?,13?,14-,15-,16+/m0/s1. The van der Waals surface area contributed by atoms with Crippen LogP contribution in [-0.2, 0) is 14.4 Å². The summed E-state index contributed by atoms with van der Waals surface area (Å²) in [6, 6.07) is -1.21. The molecule has 5 atom stereocenters. The first-order valence-corrected chi connectivity index (χ1v) is 9.35. The van der Waals surface area contributed by atoms with E-state index in [9.17, 15) is 14.4 Å². The minimum atomic E-state index is -0.840. The van der Waals surface area contributed by atoms with Crippen molar-refractivity contribution in [1.82, 2.24) is 10.6 Å². The van der Waals surface area contributed by atoms with Gasteiger partial charge in [-0.15, -0.1) is 0 Å². The maximum Gasteiger partial charge on any atom is 0.153 e. The molecule has 0 amide bonds. The first-order chi connectivity index (χ1) is 11.9. The molecular weight excluding hydrogens is 322 g/mol. The molecular formula is C18H31N3O4. The average molecular weight is 353 g/mol. The van der Waals surface area contributed by atoms with Gasteiger partial charge in [-0.05, 0) is 45.4 Å². The lowest BCUT2D eigenvalue weighted by atomic mass is 9.88. The largest absolute Gasteiger partial charge is 0.394 e. The van der Waals surface area contributed by atoms with Gasteiger partial charge in [-0.3, -0.25) is 14.4 Å². The number of carbonyl (C=O) groups is 3. The first-order valence-electron chi connectivity index (χ1n) is 9.35. The van der Waals surface area contributed by atoms with Gasteiger partial charge in [0.1, 0.15) is 5.78 Å². The van der Waals surface area contributed by atoms with Crippen LogP contribution >= 0.6 is 0 Å². The summed E-state index contributed by atoms with van der Waals surface area (Å²) < 4.78 is 0. The molecule has 25 heavy (non-hydrogen) atoms. The molecule has 2 heterocycles. The molecule has 7 heteroatoms. The summed E-state index contributed by atoms with van der Waals surface area (Å²) in [6.45, 7) is 1.24. The number of aliphatic hydroxyl groups is 1. The average Bonchev–Trinajstić information content (AvgIpc) is 2.61. The molecule has 0 aromatic carbocycles. The highest BCUT2D eigenvalue weighted by atomic mass is 16.3. The highest BCUT2D eigenvalue weighted by Gasteiger charge is 2.31. The summed E-state index contributed by atoms with van der Waals surface area (Å²) in [5.41, 5.74) is 5.56. The predicted octanol–water partition coefficient (Wildman–Crippen LogP) is -0.165. The fourth-order valence-electron chi connectivity index (χ4n) is 3.82. The molecule has 0 aliphatic carbocycles. The molecule has 0 aromatic heterocycles. The van der Waals surface area contributed by atoms with Gasteiger partial charge in [-0.1, -0.05) is 0 Å². The summed E-state index contributed by atoms with van der Waals surface area (Å²) in [6.07, 6.45) is 5.89. The van der Waals surface area contributed by atoms with E-state index in [0.717, 1.165) is 38.5 Å². The Kier molecular flexibility index (Phi) is 7.68. The second-order valence-electron chi connectivity index (χ2n) is 7.43. The lowest BCUT2D eigenvalue weighted by molar-refractivity contribution is -0.125. The third kappa shape index (κ3) is 5.95. The lowest BCUT2D eigenvalue weighted by Crippen LogP contribution is -2.52. The molecule has 2 unspecified atom stereocenters. The molecule has 0 bridgehead atoms. The minimum Gasteiger partial charge on any atom is -0.394 e. The maximum absolute atomic E-state index is 12.6. The second kappa shape index (κ2) is 9.52. The van der Waals surface area contributed by atoms with Gasteiger partial charge in [0, 0.05) is 24.9 Å². The summed E-state index contributed by atoms with van der Waals surface area (Å²) >= 11 is 0. The Labute approximate surface area is 149 Å². The molecule has 5 N–H and O–H groups in total. The van der Waals surface area contributed by atoms with Gasteiger partial charge in [-0.25, -0.2) is 0 Å². The fraction of sp³-hybridized carbons (Fsp3) is 0.833. The number of hydrogen-bond donors (Lipinski definition) is 4. The van der Waals surface area contributed by atoms with E-state index < -0.39 is 6.04 Å². The van der Waals surface area contributed by atoms with Gasteiger partial charge in [-0.2, -0.15) is 0 Å². The van der Waals surface area contributed by atoms with Gasteiger partial charge in [0.2, 0.25) is 0 Å². The van der Waals surface area contributed by atoms with Crippen LogP contribution in [0.1, 0.15) is 58.3 Å². The van der Waals surface area contributed by atoms with Gasteiger partial charge in [0.05, 0.1) is 24.7 Å². The summed E-state index contributed by atoms with van der Waals surface area (Å²) in [4.78, 5) is 36.0. The van der Waals surface area contributed by atoms with Crippen LogP contribution in [0.2, 0.25) is 0 Å². The van der Waals surface area contributed by atoms with E-state index in [4.69, 9.17) is 10.8 Å². The second-order valence-corrected chi connectivity index (χ2v) is 7.43. The van der Waals surface area contributed by atoms with Crippen LogP contribution in [0.15, 0.2) is 0 Å². The number of nitrogens with one attached hydrogen (secondary N) is 2. The zero-order valence-corrected chi connectivity index (χ0v) is 15.0. The highest BCUT2D eigenvalue weighted by molar-refractivity contribution is 5.86. The smallest absolute Gasteiger partial charge is 0.153 e. The summed E-state index contributed by atoms with van der Waals surface area (Å²) in [7, 11) is 0. The Balaban J connectivity index is 1.82. The van der Waals surface area contributed by atoms with E-state index in [1.165, 1.54) is 0 Å². The molecule has 2 fully saturated rings. The number of rotatable bonds is 8. The molecule has 2 aliphatic heterocycles. The van der Waals surface area contributed by atoms with Crippen molar-refractivity contribution in [1.29, 1.82) is 0 Å². The van der Waals surface area contributed by atoms with Crippen LogP contribution in [0.5, 0.6) is 0 Å². The zero-order valence-electron chi connectivity index (χ0n) is 15.0. The van der Waals surface area contributed by atoms with E-state index in [1.807, 2.05) is 0 Å². The molecule has 7 nitrogen and oxygen atoms in total. The predicted molar refractivity (Wildman–Crippen MR) is 94.1 cm³/mol. The normalized spacial score (nSPS) is 31.3. The number of hydrogen-bond acceptors (Lipinski definition) is 7. The van der Waals surface area contributed by atoms with Crippen molar-refractivity contribution in [3.05, 3.63) is 0 Å². The van der Waals surface area contributed by atoms with Crippen molar-refractivity contribution in [3.8, 4) is 0 Å². The van der Waals surface area contributed by atoms with Crippen LogP contribution in [-0.4, -0.2) is 59.3 Å². The maximum atomic E-state index is 12.6. The van der Waals surface area contributed by atoms with Gasteiger partial charge < -0.3 is 21.5 Å². The van der Waals surface area contributed by atoms with Crippen LogP contribution in [0, 0.1) is 0 Å². The van der Waals surface area contributed by atoms with E-state index in [-0.39, 0.29) is 54.5 Å². The number of nitrogens with two attached hydrogens (primary N) is 1. The number of carbonyl (C=O) groups excluding carboxylic acids is 3. The molecule has 0 saturated carbocycles. The Morgan fingerprint density at radius 3 is 2.16 bits per heavy atom. The van der Waals surface area contributed by atoms with Gasteiger partial charge >= 0.3 is 0 Å². The fourth-order valence-corrected chi connectivity index (χ4v) is 3.82. The first kappa shape index (κ1) is 20.2. The molecule has 142 valence electrons. The van der Waals surface area contributed by atoms with E-state index >= 15 is 0 Å². The van der Waals surface area contributed by atoms with Crippen molar-refractivity contribution < 1.29 is 19.5 Å². The topological polar surface area (TPSA) is 122 Å². The summed E-state index contributed by atoms with van der Waals surface area (Å²) in [5.74, 6) is 0.100. The Bertz CT molecular complexity index is 497. The quantitative estimate of drug-likeness (QED) is 0.478. The number of aliphatic hydroxyl groups excluding tert-OH is 1. The van der Waals surface area contributed by atoms with Crippen molar-refractivity contribution in [2.24, 2.45) is 5.73 Å². The van der Waals surface area contributed by atoms with Crippen LogP contribution in [0.4, 0.5) is 0 Å². The highest BCUT2D eigenvalue weighted by Crippen LogP contribution is 2.21. The number of piperidine rings is 2. The summed E-state index contributed by atoms with van der Waals surface area (Å²) in [5, 5.41) is 15.5. The molecule has 0 radical (unpaired) electrons. The van der Waals surface area contributed by atoms with E-state index in [1.54, 1.807) is 6.92 Å². The minimum absolute atomic E-state index is 0.0572. The Morgan fingerprint density at radius 2 is 1.56 bits per heavy atom. The lowest BCUT2D eigenvalue weighted by Gasteiger charge is -2.33. The van der Waals surface area contributed by atoms with Crippen LogP contribution in [0.25, 0.3) is 0 Å². The SMILES string of the molecule is CC(=O)[C@@H]1CCCC(CC(=O)[C@H]2CCCC(CC(=O)[C@@H](N)CO)N2)N1. The molecule has 2 aliphatic rings. The van der Waals surface area contributed by atoms with E-state index in [2.05, 4.69) is 10.6 Å². The van der Waals surface area contributed by atoms with Crippen LogP contribution in [0.3, 0.4) is 0 Å². The van der Waals surface area contributed by atoms with Crippen molar-refractivity contribution in [2.45, 2.75) is 88.5 Å². The van der Waals surface area contributed by atoms with Gasteiger partial charge in [0.15, 0.2) is 11.6 Å². The molecule has 2 rings (SSSR count). The number of Topliss-reactive ketones (excluding diaryl/α,β-unsaturated/α-hetero) is 3. The molecule has 2 saturated heterocycles. The Hall–Kier alpha value is -1.15. The number of ketones is 3. The van der Waals surface area contributed by atoms with Crippen molar-refractivity contribution in [3.63, 3.8) is 0 Å². The molecule has 0 spiro atoms. The third-order valence-corrected chi connectivity index (χ3v) is 5.35. The zero-order chi connectivity index (χ0) is 18.4. The molecule has 0 aromatic rings. The monoisotopic (exact) mass is 353 g/mol. The van der Waals surface area contributed by atoms with Crippen molar-refractivity contribution in [2.75, 3.05) is 6.61 Å². The van der Waals surface area contributed by atoms with Gasteiger partial charge in [0.25, 0.3) is 0 Å².